The summed E-state index contributed by atoms with van der Waals surface area (Å²) in [6.07, 6.45) is 2.75. The summed E-state index contributed by atoms with van der Waals surface area (Å²) in [4.78, 5) is 8.34. The summed E-state index contributed by atoms with van der Waals surface area (Å²) < 4.78 is 19.1. The maximum atomic E-state index is 13.8. The van der Waals surface area contributed by atoms with E-state index in [1.54, 1.807) is 12.3 Å². The smallest absolute Gasteiger partial charge is 0.322 e. The summed E-state index contributed by atoms with van der Waals surface area (Å²) >= 11 is 5.70. The van der Waals surface area contributed by atoms with Gasteiger partial charge in [0.05, 0.1) is 5.02 Å². The van der Waals surface area contributed by atoms with Crippen molar-refractivity contribution in [3.8, 4) is 11.8 Å². The second kappa shape index (κ2) is 7.33. The minimum Gasteiger partial charge on any atom is -0.421 e. The molecule has 1 aromatic carbocycles. The Morgan fingerprint density at radius 3 is 2.90 bits per heavy atom. The van der Waals surface area contributed by atoms with Crippen LogP contribution in [0.1, 0.15) is 24.6 Å². The number of benzene rings is 1. The van der Waals surface area contributed by atoms with Crippen molar-refractivity contribution < 1.29 is 9.13 Å². The maximum Gasteiger partial charge on any atom is 0.322 e. The molecule has 0 atom stereocenters. The molecular weight excluding hydrogens is 293 g/mol. The Bertz CT molecular complexity index is 622. The highest BCUT2D eigenvalue weighted by molar-refractivity contribution is 6.30. The zero-order valence-electron chi connectivity index (χ0n) is 12.0. The number of aryl methyl sites for hydroxylation is 1. The molecule has 0 aliphatic carbocycles. The van der Waals surface area contributed by atoms with Gasteiger partial charge < -0.3 is 10.1 Å². The fraction of sp³-hybridized carbons (Fsp3) is 0.333. The molecule has 0 amide bonds. The molecular formula is C15H17ClFN3O. The number of ether oxygens (including phenoxy) is 1. The van der Waals surface area contributed by atoms with Gasteiger partial charge in [-0.25, -0.2) is 9.37 Å². The third-order valence-corrected chi connectivity index (χ3v) is 3.21. The first kappa shape index (κ1) is 15.7. The molecule has 1 N–H and O–H groups in total. The number of hydrogen-bond acceptors (Lipinski definition) is 4. The van der Waals surface area contributed by atoms with E-state index >= 15 is 0 Å². The first-order chi connectivity index (χ1) is 10.1. The van der Waals surface area contributed by atoms with Gasteiger partial charge in [-0.1, -0.05) is 24.6 Å². The summed E-state index contributed by atoms with van der Waals surface area (Å²) in [5, 5.41) is 3.28. The Morgan fingerprint density at radius 1 is 1.38 bits per heavy atom. The minimum atomic E-state index is -0.617. The van der Waals surface area contributed by atoms with E-state index in [0.29, 0.717) is 6.54 Å². The van der Waals surface area contributed by atoms with Gasteiger partial charge in [0.1, 0.15) is 0 Å². The van der Waals surface area contributed by atoms with Crippen molar-refractivity contribution in [1.82, 2.24) is 15.3 Å². The normalized spacial score (nSPS) is 10.7. The van der Waals surface area contributed by atoms with Gasteiger partial charge >= 0.3 is 6.01 Å². The van der Waals surface area contributed by atoms with Crippen LogP contribution >= 0.6 is 11.6 Å². The third kappa shape index (κ3) is 4.12. The Kier molecular flexibility index (Phi) is 5.47. The van der Waals surface area contributed by atoms with E-state index in [1.807, 2.05) is 6.92 Å². The van der Waals surface area contributed by atoms with Crippen molar-refractivity contribution in [1.29, 1.82) is 0 Å². The van der Waals surface area contributed by atoms with Crippen LogP contribution in [0, 0.1) is 12.7 Å². The molecule has 4 nitrogen and oxygen atoms in total. The average molecular weight is 310 g/mol. The topological polar surface area (TPSA) is 47.0 Å². The Balaban J connectivity index is 2.11. The molecule has 0 unspecified atom stereocenters. The maximum absolute atomic E-state index is 13.8. The van der Waals surface area contributed by atoms with Gasteiger partial charge in [-0.2, -0.15) is 4.98 Å². The molecule has 0 fully saturated rings. The van der Waals surface area contributed by atoms with Crippen LogP contribution in [0.15, 0.2) is 24.4 Å². The third-order valence-electron chi connectivity index (χ3n) is 2.92. The van der Waals surface area contributed by atoms with Gasteiger partial charge in [-0.05, 0) is 32.0 Å². The number of nitrogens with zero attached hydrogens (tertiary/aromatic N) is 2. The quantitative estimate of drug-likeness (QED) is 0.823. The lowest BCUT2D eigenvalue weighted by atomic mass is 10.2. The van der Waals surface area contributed by atoms with Crippen molar-refractivity contribution in [2.24, 2.45) is 0 Å². The largest absolute Gasteiger partial charge is 0.421 e. The highest BCUT2D eigenvalue weighted by Gasteiger charge is 2.11. The molecule has 1 heterocycles. The molecule has 0 spiro atoms. The number of nitrogens with one attached hydrogen (secondary N) is 1. The number of halogens is 2. The lowest BCUT2D eigenvalue weighted by Crippen LogP contribution is -2.15. The highest BCUT2D eigenvalue weighted by atomic mass is 35.5. The van der Waals surface area contributed by atoms with Crippen molar-refractivity contribution in [2.75, 3.05) is 6.54 Å². The Hall–Kier alpha value is -1.72. The van der Waals surface area contributed by atoms with Crippen LogP contribution in [0.3, 0.4) is 0 Å². The number of hydrogen-bond donors (Lipinski definition) is 1. The zero-order chi connectivity index (χ0) is 15.2. The minimum absolute atomic E-state index is 0.00427. The number of aromatic nitrogens is 2. The fourth-order valence-electron chi connectivity index (χ4n) is 1.75. The van der Waals surface area contributed by atoms with Gasteiger partial charge in [0, 0.05) is 24.0 Å². The van der Waals surface area contributed by atoms with E-state index < -0.39 is 5.82 Å². The second-order valence-electron chi connectivity index (χ2n) is 4.59. The molecule has 0 aliphatic heterocycles. The van der Waals surface area contributed by atoms with Gasteiger partial charge in [0.2, 0.25) is 0 Å². The summed E-state index contributed by atoms with van der Waals surface area (Å²) in [5.41, 5.74) is 1.79. The summed E-state index contributed by atoms with van der Waals surface area (Å²) in [5.74, 6) is -0.604. The SMILES string of the molecule is CCCNCc1cnc(Oc2cccc(Cl)c2F)nc1C. The first-order valence-corrected chi connectivity index (χ1v) is 7.14. The number of rotatable bonds is 6. The van der Waals surface area contributed by atoms with Crippen LogP contribution in [-0.2, 0) is 6.54 Å². The van der Waals surface area contributed by atoms with Crippen LogP contribution in [0.4, 0.5) is 4.39 Å². The predicted octanol–water partition coefficient (Wildman–Crippen LogP) is 3.87. The van der Waals surface area contributed by atoms with Crippen LogP contribution < -0.4 is 10.1 Å². The summed E-state index contributed by atoms with van der Waals surface area (Å²) in [6.45, 7) is 5.61. The van der Waals surface area contributed by atoms with Crippen LogP contribution in [0.25, 0.3) is 0 Å². The van der Waals surface area contributed by atoms with Crippen molar-refractivity contribution in [3.05, 3.63) is 46.5 Å². The molecule has 0 radical (unpaired) electrons. The zero-order valence-corrected chi connectivity index (χ0v) is 12.7. The molecule has 0 saturated heterocycles. The molecule has 21 heavy (non-hydrogen) atoms. The standard InChI is InChI=1S/C15H17ClFN3O/c1-3-7-18-8-11-9-19-15(20-10(11)2)21-13-6-4-5-12(16)14(13)17/h4-6,9,18H,3,7-8H2,1-2H3. The summed E-state index contributed by atoms with van der Waals surface area (Å²) in [7, 11) is 0. The van der Waals surface area contributed by atoms with Gasteiger partial charge in [0.15, 0.2) is 11.6 Å². The van der Waals surface area contributed by atoms with Crippen LogP contribution in [0.5, 0.6) is 11.8 Å². The van der Waals surface area contributed by atoms with E-state index in [-0.39, 0.29) is 16.8 Å². The van der Waals surface area contributed by atoms with E-state index in [2.05, 4.69) is 22.2 Å². The average Bonchev–Trinajstić information content (AvgIpc) is 2.46. The Morgan fingerprint density at radius 2 is 2.19 bits per heavy atom. The molecule has 0 aliphatic rings. The molecule has 0 saturated carbocycles. The Labute approximate surface area is 128 Å². The lowest BCUT2D eigenvalue weighted by molar-refractivity contribution is 0.409. The molecule has 2 aromatic rings. The van der Waals surface area contributed by atoms with Crippen LogP contribution in [0.2, 0.25) is 5.02 Å². The molecule has 2 rings (SSSR count). The first-order valence-electron chi connectivity index (χ1n) is 6.77. The van der Waals surface area contributed by atoms with Crippen molar-refractivity contribution in [2.45, 2.75) is 26.8 Å². The monoisotopic (exact) mass is 309 g/mol. The lowest BCUT2D eigenvalue weighted by Gasteiger charge is -2.09. The van der Waals surface area contributed by atoms with E-state index in [9.17, 15) is 4.39 Å². The molecule has 0 bridgehead atoms. The van der Waals surface area contributed by atoms with Gasteiger partial charge in [-0.3, -0.25) is 0 Å². The van der Waals surface area contributed by atoms with E-state index in [1.165, 1.54) is 12.1 Å². The second-order valence-corrected chi connectivity index (χ2v) is 5.00. The summed E-state index contributed by atoms with van der Waals surface area (Å²) in [6, 6.07) is 4.65. The molecule has 112 valence electrons. The van der Waals surface area contributed by atoms with Gasteiger partial charge in [-0.15, -0.1) is 0 Å². The fourth-order valence-corrected chi connectivity index (χ4v) is 1.92. The van der Waals surface area contributed by atoms with Crippen molar-refractivity contribution in [3.63, 3.8) is 0 Å². The molecule has 6 heteroatoms. The van der Waals surface area contributed by atoms with Crippen molar-refractivity contribution >= 4 is 11.6 Å². The van der Waals surface area contributed by atoms with Crippen LogP contribution in [-0.4, -0.2) is 16.5 Å². The van der Waals surface area contributed by atoms with E-state index in [0.717, 1.165) is 24.2 Å². The van der Waals surface area contributed by atoms with Gasteiger partial charge in [0.25, 0.3) is 0 Å². The highest BCUT2D eigenvalue weighted by Crippen LogP contribution is 2.27. The molecule has 1 aromatic heterocycles. The van der Waals surface area contributed by atoms with E-state index in [4.69, 9.17) is 16.3 Å². The predicted molar refractivity (Wildman–Crippen MR) is 80.3 cm³/mol.